The van der Waals surface area contributed by atoms with Crippen molar-refractivity contribution < 1.29 is 4.79 Å². The summed E-state index contributed by atoms with van der Waals surface area (Å²) in [4.78, 5) is 17.6. The van der Waals surface area contributed by atoms with Crippen molar-refractivity contribution in [2.24, 2.45) is 0 Å². The molecule has 2 N–H and O–H groups in total. The van der Waals surface area contributed by atoms with E-state index in [1.165, 1.54) is 0 Å². The lowest BCUT2D eigenvalue weighted by molar-refractivity contribution is -0.118. The molecule has 4 aromatic rings. The predicted molar refractivity (Wildman–Crippen MR) is 131 cm³/mol. The van der Waals surface area contributed by atoms with Crippen molar-refractivity contribution in [2.45, 2.75) is 25.8 Å². The van der Waals surface area contributed by atoms with Gasteiger partial charge < -0.3 is 10.6 Å². The van der Waals surface area contributed by atoms with Crippen molar-refractivity contribution in [1.82, 2.24) is 20.1 Å². The third-order valence-corrected chi connectivity index (χ3v) is 5.61. The zero-order valence-corrected chi connectivity index (χ0v) is 19.1. The molecule has 0 saturated heterocycles. The van der Waals surface area contributed by atoms with E-state index in [-0.39, 0.29) is 11.8 Å². The van der Waals surface area contributed by atoms with Gasteiger partial charge in [0.25, 0.3) is 0 Å². The van der Waals surface area contributed by atoms with Crippen LogP contribution in [0.5, 0.6) is 0 Å². The Labute approximate surface area is 199 Å². The number of hydrogen-bond donors (Lipinski definition) is 2. The normalized spacial score (nSPS) is 12.5. The van der Waals surface area contributed by atoms with Gasteiger partial charge in [-0.2, -0.15) is 10.4 Å². The van der Waals surface area contributed by atoms with Gasteiger partial charge in [0.1, 0.15) is 11.9 Å². The Morgan fingerprint density at radius 1 is 1.03 bits per heavy atom. The van der Waals surface area contributed by atoms with Crippen LogP contribution in [-0.2, 0) is 4.79 Å². The summed E-state index contributed by atoms with van der Waals surface area (Å²) < 4.78 is 1.74. The number of carbonyl (C=O) groups is 1. The van der Waals surface area contributed by atoms with E-state index in [0.29, 0.717) is 17.9 Å². The van der Waals surface area contributed by atoms with Gasteiger partial charge in [0, 0.05) is 12.7 Å². The molecule has 0 spiro atoms. The van der Waals surface area contributed by atoms with Gasteiger partial charge in [-0.05, 0) is 53.8 Å². The summed E-state index contributed by atoms with van der Waals surface area (Å²) >= 11 is 0. The van der Waals surface area contributed by atoms with Crippen LogP contribution in [0.25, 0.3) is 5.69 Å². The van der Waals surface area contributed by atoms with Gasteiger partial charge >= 0.3 is 0 Å². The molecule has 2 aromatic carbocycles. The maximum Gasteiger partial charge on any atom is 0.247 e. The van der Waals surface area contributed by atoms with E-state index < -0.39 is 6.04 Å². The molecular weight excluding hydrogens is 424 g/mol. The molecule has 0 aliphatic carbocycles. The number of rotatable bonds is 8. The second kappa shape index (κ2) is 10.6. The molecule has 7 heteroatoms. The molecule has 170 valence electrons. The molecule has 2 aromatic heterocycles. The Hall–Kier alpha value is -4.28. The molecule has 2 heterocycles. The maximum absolute atomic E-state index is 13.2. The van der Waals surface area contributed by atoms with Crippen LogP contribution in [0, 0.1) is 18.3 Å². The SMILES string of the molecule is Cc1cnn(-c2ccc(NC(=O)[C@@H](NCC(C)c3ccc(C#N)cc3)c3ccccc3)nc2)c1. The fraction of sp³-hybridized carbons (Fsp3) is 0.185. The average molecular weight is 451 g/mol. The lowest BCUT2D eigenvalue weighted by Gasteiger charge is -2.21. The van der Waals surface area contributed by atoms with Crippen LogP contribution < -0.4 is 10.6 Å². The first-order valence-electron chi connectivity index (χ1n) is 11.1. The number of nitrogens with zero attached hydrogens (tertiary/aromatic N) is 4. The number of aromatic nitrogens is 3. The highest BCUT2D eigenvalue weighted by Gasteiger charge is 2.21. The second-order valence-corrected chi connectivity index (χ2v) is 8.24. The lowest BCUT2D eigenvalue weighted by Crippen LogP contribution is -2.35. The average Bonchev–Trinajstić information content (AvgIpc) is 3.31. The van der Waals surface area contributed by atoms with Crippen LogP contribution in [0.4, 0.5) is 5.82 Å². The number of aryl methyl sites for hydroxylation is 1. The van der Waals surface area contributed by atoms with E-state index in [1.807, 2.05) is 73.8 Å². The molecule has 4 rings (SSSR count). The highest BCUT2D eigenvalue weighted by Crippen LogP contribution is 2.20. The van der Waals surface area contributed by atoms with Crippen molar-refractivity contribution in [2.75, 3.05) is 11.9 Å². The van der Waals surface area contributed by atoms with Gasteiger partial charge in [0.2, 0.25) is 5.91 Å². The fourth-order valence-corrected chi connectivity index (χ4v) is 3.65. The Kier molecular flexibility index (Phi) is 7.11. The van der Waals surface area contributed by atoms with Crippen molar-refractivity contribution >= 4 is 11.7 Å². The number of nitriles is 1. The monoisotopic (exact) mass is 450 g/mol. The van der Waals surface area contributed by atoms with E-state index >= 15 is 0 Å². The van der Waals surface area contributed by atoms with Crippen LogP contribution in [0.15, 0.2) is 85.3 Å². The Balaban J connectivity index is 1.46. The minimum Gasteiger partial charge on any atom is -0.309 e. The largest absolute Gasteiger partial charge is 0.309 e. The summed E-state index contributed by atoms with van der Waals surface area (Å²) in [7, 11) is 0. The molecule has 1 amide bonds. The van der Waals surface area contributed by atoms with E-state index in [0.717, 1.165) is 22.4 Å². The predicted octanol–water partition coefficient (Wildman–Crippen LogP) is 4.52. The van der Waals surface area contributed by atoms with Gasteiger partial charge in [0.05, 0.1) is 29.7 Å². The summed E-state index contributed by atoms with van der Waals surface area (Å²) in [6, 6.07) is 22.4. The summed E-state index contributed by atoms with van der Waals surface area (Å²) in [5.41, 5.74) is 4.48. The van der Waals surface area contributed by atoms with Gasteiger partial charge in [-0.1, -0.05) is 49.4 Å². The van der Waals surface area contributed by atoms with Crippen LogP contribution in [0.3, 0.4) is 0 Å². The Morgan fingerprint density at radius 3 is 2.41 bits per heavy atom. The van der Waals surface area contributed by atoms with E-state index in [1.54, 1.807) is 23.1 Å². The van der Waals surface area contributed by atoms with Crippen LogP contribution in [0.2, 0.25) is 0 Å². The number of pyridine rings is 1. The Bertz CT molecular complexity index is 1270. The number of amides is 1. The fourth-order valence-electron chi connectivity index (χ4n) is 3.65. The number of nitrogens with one attached hydrogen (secondary N) is 2. The van der Waals surface area contributed by atoms with Crippen molar-refractivity contribution in [1.29, 1.82) is 5.26 Å². The number of hydrogen-bond acceptors (Lipinski definition) is 5. The van der Waals surface area contributed by atoms with Crippen LogP contribution in [0.1, 0.15) is 41.1 Å². The van der Waals surface area contributed by atoms with Gasteiger partial charge in [-0.25, -0.2) is 9.67 Å². The molecule has 7 nitrogen and oxygen atoms in total. The standard InChI is InChI=1S/C27H26N6O/c1-19-15-31-33(18-19)24-12-13-25(29-17-24)32-27(34)26(23-6-4-3-5-7-23)30-16-20(2)22-10-8-21(14-28)9-11-22/h3-13,15,17-18,20,26,30H,16H2,1-2H3,(H,29,32,34)/t20?,26-/m0/s1. The molecular formula is C27H26N6O. The van der Waals surface area contributed by atoms with Crippen molar-refractivity contribution in [3.8, 4) is 11.8 Å². The molecule has 1 unspecified atom stereocenters. The van der Waals surface area contributed by atoms with Crippen molar-refractivity contribution in [3.63, 3.8) is 0 Å². The van der Waals surface area contributed by atoms with Gasteiger partial charge in [0.15, 0.2) is 0 Å². The highest BCUT2D eigenvalue weighted by atomic mass is 16.2. The first kappa shape index (κ1) is 22.9. The third-order valence-electron chi connectivity index (χ3n) is 5.61. The molecule has 0 aliphatic heterocycles. The second-order valence-electron chi connectivity index (χ2n) is 8.24. The summed E-state index contributed by atoms with van der Waals surface area (Å²) in [5.74, 6) is 0.440. The van der Waals surface area contributed by atoms with E-state index in [9.17, 15) is 4.79 Å². The highest BCUT2D eigenvalue weighted by molar-refractivity contribution is 5.94. The molecule has 2 atom stereocenters. The van der Waals surface area contributed by atoms with Crippen LogP contribution >= 0.6 is 0 Å². The first-order chi connectivity index (χ1) is 16.5. The third kappa shape index (κ3) is 5.55. The number of anilines is 1. The lowest BCUT2D eigenvalue weighted by atomic mass is 9.98. The summed E-state index contributed by atoms with van der Waals surface area (Å²) in [6.45, 7) is 4.65. The van der Waals surface area contributed by atoms with Gasteiger partial charge in [-0.15, -0.1) is 0 Å². The van der Waals surface area contributed by atoms with E-state index in [2.05, 4.69) is 33.7 Å². The zero-order valence-electron chi connectivity index (χ0n) is 19.1. The molecule has 0 saturated carbocycles. The van der Waals surface area contributed by atoms with E-state index in [4.69, 9.17) is 5.26 Å². The molecule has 0 bridgehead atoms. The molecule has 34 heavy (non-hydrogen) atoms. The topological polar surface area (TPSA) is 95.6 Å². The number of benzene rings is 2. The summed E-state index contributed by atoms with van der Waals surface area (Å²) in [6.07, 6.45) is 5.38. The molecule has 0 radical (unpaired) electrons. The minimum absolute atomic E-state index is 0.154. The smallest absolute Gasteiger partial charge is 0.247 e. The zero-order chi connectivity index (χ0) is 23.9. The van der Waals surface area contributed by atoms with Crippen molar-refractivity contribution in [3.05, 3.63) is 108 Å². The Morgan fingerprint density at radius 2 is 1.79 bits per heavy atom. The quantitative estimate of drug-likeness (QED) is 0.411. The van der Waals surface area contributed by atoms with Crippen LogP contribution in [-0.4, -0.2) is 27.2 Å². The minimum atomic E-state index is -0.544. The first-order valence-corrected chi connectivity index (χ1v) is 11.1. The van der Waals surface area contributed by atoms with Gasteiger partial charge in [-0.3, -0.25) is 4.79 Å². The molecule has 0 fully saturated rings. The summed E-state index contributed by atoms with van der Waals surface area (Å²) in [5, 5.41) is 19.6. The maximum atomic E-state index is 13.2. The number of carbonyl (C=O) groups excluding carboxylic acids is 1. The molecule has 0 aliphatic rings.